The molecule has 1 heterocycles. The molecule has 0 aliphatic heterocycles. The fraction of sp³-hybridized carbons (Fsp3) is 0.143. The Kier molecular flexibility index (Phi) is 4.35. The molecule has 0 radical (unpaired) electrons. The molecule has 5 heteroatoms. The summed E-state index contributed by atoms with van der Waals surface area (Å²) >= 11 is 11.0. The SMILES string of the molecule is Cc1cccc(CNc2cc(Cl)ccc2C(N)=S)n1. The van der Waals surface area contributed by atoms with Gasteiger partial charge in [0.05, 0.1) is 12.2 Å². The van der Waals surface area contributed by atoms with Crippen molar-refractivity contribution in [3.8, 4) is 0 Å². The highest BCUT2D eigenvalue weighted by Crippen LogP contribution is 2.21. The van der Waals surface area contributed by atoms with Crippen LogP contribution < -0.4 is 11.1 Å². The minimum atomic E-state index is 0.344. The van der Waals surface area contributed by atoms with Crippen molar-refractivity contribution in [3.63, 3.8) is 0 Å². The van der Waals surface area contributed by atoms with E-state index in [9.17, 15) is 0 Å². The first kappa shape index (κ1) is 13.8. The lowest BCUT2D eigenvalue weighted by Crippen LogP contribution is -2.13. The normalized spacial score (nSPS) is 10.2. The molecule has 0 aliphatic carbocycles. The van der Waals surface area contributed by atoms with Gasteiger partial charge in [-0.05, 0) is 37.3 Å². The zero-order valence-corrected chi connectivity index (χ0v) is 12.1. The Bertz CT molecular complexity index is 613. The summed E-state index contributed by atoms with van der Waals surface area (Å²) in [6.45, 7) is 2.56. The van der Waals surface area contributed by atoms with Gasteiger partial charge in [-0.25, -0.2) is 0 Å². The summed E-state index contributed by atoms with van der Waals surface area (Å²) in [5.74, 6) is 0. The number of nitrogens with one attached hydrogen (secondary N) is 1. The summed E-state index contributed by atoms with van der Waals surface area (Å²) in [6.07, 6.45) is 0. The number of nitrogens with two attached hydrogens (primary N) is 1. The molecule has 1 aromatic heterocycles. The van der Waals surface area contributed by atoms with Crippen LogP contribution in [0.15, 0.2) is 36.4 Å². The average Bonchev–Trinajstić information content (AvgIpc) is 2.36. The van der Waals surface area contributed by atoms with Gasteiger partial charge in [0.1, 0.15) is 4.99 Å². The van der Waals surface area contributed by atoms with Crippen molar-refractivity contribution >= 4 is 34.5 Å². The molecule has 0 spiro atoms. The second kappa shape index (κ2) is 5.99. The summed E-state index contributed by atoms with van der Waals surface area (Å²) in [6, 6.07) is 11.3. The first-order valence-corrected chi connectivity index (χ1v) is 6.60. The summed E-state index contributed by atoms with van der Waals surface area (Å²) in [5, 5.41) is 3.90. The molecule has 0 amide bonds. The van der Waals surface area contributed by atoms with Gasteiger partial charge in [-0.15, -0.1) is 0 Å². The van der Waals surface area contributed by atoms with E-state index in [-0.39, 0.29) is 0 Å². The number of hydrogen-bond donors (Lipinski definition) is 2. The maximum absolute atomic E-state index is 5.99. The van der Waals surface area contributed by atoms with Crippen LogP contribution in [0.2, 0.25) is 5.02 Å². The van der Waals surface area contributed by atoms with E-state index in [1.54, 1.807) is 6.07 Å². The predicted octanol–water partition coefficient (Wildman–Crippen LogP) is 3.29. The summed E-state index contributed by atoms with van der Waals surface area (Å²) in [4.78, 5) is 4.77. The average molecular weight is 292 g/mol. The number of aryl methyl sites for hydroxylation is 1. The Morgan fingerprint density at radius 2 is 2.16 bits per heavy atom. The molecular formula is C14H14ClN3S. The molecule has 3 nitrogen and oxygen atoms in total. The fourth-order valence-electron chi connectivity index (χ4n) is 1.76. The van der Waals surface area contributed by atoms with Crippen LogP contribution in [-0.4, -0.2) is 9.97 Å². The summed E-state index contributed by atoms with van der Waals surface area (Å²) in [5.41, 5.74) is 9.24. The van der Waals surface area contributed by atoms with Crippen LogP contribution in [0.4, 0.5) is 5.69 Å². The van der Waals surface area contributed by atoms with E-state index in [4.69, 9.17) is 29.6 Å². The van der Waals surface area contributed by atoms with Gasteiger partial charge in [-0.2, -0.15) is 0 Å². The quantitative estimate of drug-likeness (QED) is 0.849. The van der Waals surface area contributed by atoms with E-state index in [1.165, 1.54) is 0 Å². The van der Waals surface area contributed by atoms with Crippen LogP contribution in [0.5, 0.6) is 0 Å². The van der Waals surface area contributed by atoms with Crippen LogP contribution in [0.1, 0.15) is 17.0 Å². The number of nitrogens with zero attached hydrogens (tertiary/aromatic N) is 1. The molecule has 0 bridgehead atoms. The van der Waals surface area contributed by atoms with Crippen molar-refractivity contribution in [2.75, 3.05) is 5.32 Å². The number of thiocarbonyl (C=S) groups is 1. The molecule has 0 atom stereocenters. The fourth-order valence-corrected chi connectivity index (χ4v) is 2.11. The Morgan fingerprint density at radius 1 is 1.37 bits per heavy atom. The second-order valence-electron chi connectivity index (χ2n) is 4.18. The Morgan fingerprint density at radius 3 is 2.84 bits per heavy atom. The maximum Gasteiger partial charge on any atom is 0.106 e. The van der Waals surface area contributed by atoms with Gasteiger partial charge in [-0.1, -0.05) is 29.9 Å². The van der Waals surface area contributed by atoms with Crippen molar-refractivity contribution in [1.82, 2.24) is 4.98 Å². The molecule has 0 aliphatic rings. The number of rotatable bonds is 4. The largest absolute Gasteiger partial charge is 0.389 e. The highest BCUT2D eigenvalue weighted by molar-refractivity contribution is 7.80. The number of halogens is 1. The number of hydrogen-bond acceptors (Lipinski definition) is 3. The van der Waals surface area contributed by atoms with Gasteiger partial charge >= 0.3 is 0 Å². The number of aromatic nitrogens is 1. The smallest absolute Gasteiger partial charge is 0.106 e. The molecule has 3 N–H and O–H groups in total. The molecule has 0 fully saturated rings. The van der Waals surface area contributed by atoms with Crippen molar-refractivity contribution in [3.05, 3.63) is 58.4 Å². The predicted molar refractivity (Wildman–Crippen MR) is 83.6 cm³/mol. The van der Waals surface area contributed by atoms with Gasteiger partial charge in [0, 0.05) is 22.0 Å². The minimum Gasteiger partial charge on any atom is -0.389 e. The topological polar surface area (TPSA) is 50.9 Å². The Balaban J connectivity index is 2.19. The highest BCUT2D eigenvalue weighted by Gasteiger charge is 2.06. The maximum atomic E-state index is 5.99. The van der Waals surface area contributed by atoms with Crippen molar-refractivity contribution in [2.24, 2.45) is 5.73 Å². The van der Waals surface area contributed by atoms with Gasteiger partial charge in [-0.3, -0.25) is 4.98 Å². The molecule has 2 aromatic rings. The monoisotopic (exact) mass is 291 g/mol. The highest BCUT2D eigenvalue weighted by atomic mass is 35.5. The third kappa shape index (κ3) is 3.66. The van der Waals surface area contributed by atoms with Crippen LogP contribution in [0, 0.1) is 6.92 Å². The van der Waals surface area contributed by atoms with E-state index in [2.05, 4.69) is 10.3 Å². The Hall–Kier alpha value is -1.65. The lowest BCUT2D eigenvalue weighted by Gasteiger charge is -2.11. The second-order valence-corrected chi connectivity index (χ2v) is 5.05. The van der Waals surface area contributed by atoms with E-state index < -0.39 is 0 Å². The van der Waals surface area contributed by atoms with E-state index >= 15 is 0 Å². The van der Waals surface area contributed by atoms with Gasteiger partial charge < -0.3 is 11.1 Å². The first-order chi connectivity index (χ1) is 9.06. The molecule has 0 saturated heterocycles. The third-order valence-corrected chi connectivity index (χ3v) is 3.11. The van der Waals surface area contributed by atoms with Gasteiger partial charge in [0.2, 0.25) is 0 Å². The van der Waals surface area contributed by atoms with Gasteiger partial charge in [0.25, 0.3) is 0 Å². The molecule has 0 saturated carbocycles. The van der Waals surface area contributed by atoms with Crippen LogP contribution in [0.3, 0.4) is 0 Å². The standard InChI is InChI=1S/C14H14ClN3S/c1-9-3-2-4-11(18-9)8-17-13-7-10(15)5-6-12(13)14(16)19/h2-7,17H,8H2,1H3,(H2,16,19). The number of benzene rings is 1. The van der Waals surface area contributed by atoms with E-state index in [0.717, 1.165) is 22.6 Å². The molecule has 2 rings (SSSR count). The zero-order valence-electron chi connectivity index (χ0n) is 10.5. The molecule has 1 aromatic carbocycles. The summed E-state index contributed by atoms with van der Waals surface area (Å²) in [7, 11) is 0. The van der Waals surface area contributed by atoms with Crippen molar-refractivity contribution < 1.29 is 0 Å². The van der Waals surface area contributed by atoms with Crippen LogP contribution in [0.25, 0.3) is 0 Å². The Labute approximate surface area is 122 Å². The lowest BCUT2D eigenvalue weighted by atomic mass is 10.1. The molecule has 19 heavy (non-hydrogen) atoms. The number of pyridine rings is 1. The molecule has 98 valence electrons. The first-order valence-electron chi connectivity index (χ1n) is 5.82. The third-order valence-electron chi connectivity index (χ3n) is 2.65. The van der Waals surface area contributed by atoms with E-state index in [1.807, 2.05) is 37.3 Å². The van der Waals surface area contributed by atoms with Crippen LogP contribution in [-0.2, 0) is 6.54 Å². The number of anilines is 1. The van der Waals surface area contributed by atoms with Crippen molar-refractivity contribution in [2.45, 2.75) is 13.5 Å². The lowest BCUT2D eigenvalue weighted by molar-refractivity contribution is 1.01. The van der Waals surface area contributed by atoms with E-state index in [0.29, 0.717) is 16.6 Å². The summed E-state index contributed by atoms with van der Waals surface area (Å²) < 4.78 is 0. The minimum absolute atomic E-state index is 0.344. The molecular weight excluding hydrogens is 278 g/mol. The van der Waals surface area contributed by atoms with Crippen LogP contribution >= 0.6 is 23.8 Å². The van der Waals surface area contributed by atoms with Crippen molar-refractivity contribution in [1.29, 1.82) is 0 Å². The van der Waals surface area contributed by atoms with Gasteiger partial charge in [0.15, 0.2) is 0 Å². The molecule has 0 unspecified atom stereocenters. The zero-order chi connectivity index (χ0) is 13.8.